The Kier molecular flexibility index (Phi) is 7.08. The smallest absolute Gasteiger partial charge is 0.337 e. The van der Waals surface area contributed by atoms with Crippen LogP contribution < -0.4 is 10.2 Å². The molecule has 1 amide bonds. The van der Waals surface area contributed by atoms with E-state index in [2.05, 4.69) is 31.0 Å². The molecule has 7 nitrogen and oxygen atoms in total. The number of amides is 1. The van der Waals surface area contributed by atoms with Gasteiger partial charge in [-0.1, -0.05) is 46.3 Å². The molecule has 0 unspecified atom stereocenters. The summed E-state index contributed by atoms with van der Waals surface area (Å²) in [7, 11) is 2.88. The molecule has 34 heavy (non-hydrogen) atoms. The number of rotatable bonds is 7. The first-order valence-electron chi connectivity index (χ1n) is 10.4. The predicted molar refractivity (Wildman–Crippen MR) is 135 cm³/mol. The van der Waals surface area contributed by atoms with Crippen molar-refractivity contribution in [3.8, 4) is 5.75 Å². The SMILES string of the molecule is COC(=O)c1cccc(Cn2cc(/C=N\NC(=O)c3cc(Br)ccc3OC)c3ccccc32)c1. The highest BCUT2D eigenvalue weighted by molar-refractivity contribution is 9.10. The molecule has 0 aliphatic rings. The molecule has 1 aromatic heterocycles. The zero-order valence-electron chi connectivity index (χ0n) is 18.6. The maximum absolute atomic E-state index is 12.6. The van der Waals surface area contributed by atoms with E-state index in [0.29, 0.717) is 23.4 Å². The van der Waals surface area contributed by atoms with Gasteiger partial charge in [-0.2, -0.15) is 5.10 Å². The third-order valence-electron chi connectivity index (χ3n) is 5.30. The van der Waals surface area contributed by atoms with Crippen molar-refractivity contribution in [3.63, 3.8) is 0 Å². The molecule has 1 N–H and O–H groups in total. The van der Waals surface area contributed by atoms with Gasteiger partial charge in [0.2, 0.25) is 0 Å². The maximum Gasteiger partial charge on any atom is 0.337 e. The summed E-state index contributed by atoms with van der Waals surface area (Å²) in [6.07, 6.45) is 3.58. The number of hydrogen-bond donors (Lipinski definition) is 1. The molecule has 172 valence electrons. The zero-order valence-corrected chi connectivity index (χ0v) is 20.2. The highest BCUT2D eigenvalue weighted by Gasteiger charge is 2.13. The van der Waals surface area contributed by atoms with Crippen LogP contribution in [0.1, 0.15) is 31.8 Å². The lowest BCUT2D eigenvalue weighted by atomic mass is 10.1. The molecule has 8 heteroatoms. The van der Waals surface area contributed by atoms with Crippen molar-refractivity contribution in [2.24, 2.45) is 5.10 Å². The van der Waals surface area contributed by atoms with Crippen LogP contribution in [0, 0.1) is 0 Å². The predicted octanol–water partition coefficient (Wildman–Crippen LogP) is 5.01. The number of nitrogens with one attached hydrogen (secondary N) is 1. The summed E-state index contributed by atoms with van der Waals surface area (Å²) >= 11 is 3.37. The highest BCUT2D eigenvalue weighted by atomic mass is 79.9. The first-order chi connectivity index (χ1) is 16.5. The van der Waals surface area contributed by atoms with Crippen LogP contribution in [0.4, 0.5) is 0 Å². The van der Waals surface area contributed by atoms with Crippen LogP contribution in [0.5, 0.6) is 5.75 Å². The molecule has 0 aliphatic carbocycles. The van der Waals surface area contributed by atoms with Crippen molar-refractivity contribution in [1.82, 2.24) is 9.99 Å². The molecule has 0 bridgehead atoms. The van der Waals surface area contributed by atoms with Crippen molar-refractivity contribution in [3.05, 3.63) is 99.7 Å². The quantitative estimate of drug-likeness (QED) is 0.211. The molecular formula is C26H22BrN3O4. The Hall–Kier alpha value is -3.91. The number of aromatic nitrogens is 1. The Labute approximate surface area is 205 Å². The Morgan fingerprint density at radius 3 is 2.68 bits per heavy atom. The van der Waals surface area contributed by atoms with Gasteiger partial charge in [-0.3, -0.25) is 4.79 Å². The standard InChI is InChI=1S/C26H22BrN3O4/c1-33-24-11-10-20(27)13-22(24)25(31)29-28-14-19-16-30(23-9-4-3-8-21(19)23)15-17-6-5-7-18(12-17)26(32)34-2/h3-14,16H,15H2,1-2H3,(H,29,31)/b28-14-. The van der Waals surface area contributed by atoms with Gasteiger partial charge >= 0.3 is 5.97 Å². The summed E-state index contributed by atoms with van der Waals surface area (Å²) in [6, 6.07) is 20.5. The van der Waals surface area contributed by atoms with Gasteiger partial charge in [-0.25, -0.2) is 10.2 Å². The average Bonchev–Trinajstić information content (AvgIpc) is 3.20. The number of esters is 1. The summed E-state index contributed by atoms with van der Waals surface area (Å²) < 4.78 is 12.9. The first kappa shape index (κ1) is 23.3. The third kappa shape index (κ3) is 5.02. The first-order valence-corrected chi connectivity index (χ1v) is 11.2. The Balaban J connectivity index is 1.58. The van der Waals surface area contributed by atoms with E-state index in [1.54, 1.807) is 30.5 Å². The van der Waals surface area contributed by atoms with Gasteiger partial charge in [0.05, 0.1) is 31.6 Å². The van der Waals surface area contributed by atoms with Crippen LogP contribution in [0.25, 0.3) is 10.9 Å². The van der Waals surface area contributed by atoms with Crippen molar-refractivity contribution in [1.29, 1.82) is 0 Å². The molecule has 3 aromatic carbocycles. The van der Waals surface area contributed by atoms with Crippen molar-refractivity contribution in [2.45, 2.75) is 6.54 Å². The minimum Gasteiger partial charge on any atom is -0.496 e. The Morgan fingerprint density at radius 2 is 1.88 bits per heavy atom. The van der Waals surface area contributed by atoms with Crippen LogP contribution in [0.2, 0.25) is 0 Å². The summed E-state index contributed by atoms with van der Waals surface area (Å²) in [6.45, 7) is 0.556. The minimum atomic E-state index is -0.377. The van der Waals surface area contributed by atoms with Crippen molar-refractivity contribution < 1.29 is 19.1 Å². The number of carbonyl (C=O) groups excluding carboxylic acids is 2. The normalized spacial score (nSPS) is 11.0. The topological polar surface area (TPSA) is 81.9 Å². The van der Waals surface area contributed by atoms with Gasteiger partial charge in [-0.15, -0.1) is 0 Å². The van der Waals surface area contributed by atoms with Crippen LogP contribution in [0.3, 0.4) is 0 Å². The number of fused-ring (bicyclic) bond motifs is 1. The van der Waals surface area contributed by atoms with Gasteiger partial charge in [0.1, 0.15) is 5.75 Å². The van der Waals surface area contributed by atoms with Crippen molar-refractivity contribution in [2.75, 3.05) is 14.2 Å². The number of para-hydroxylation sites is 1. The van der Waals surface area contributed by atoms with Gasteiger partial charge in [0.15, 0.2) is 0 Å². The average molecular weight is 520 g/mol. The lowest BCUT2D eigenvalue weighted by Gasteiger charge is -2.07. The van der Waals surface area contributed by atoms with E-state index in [1.165, 1.54) is 14.2 Å². The number of methoxy groups -OCH3 is 2. The molecular weight excluding hydrogens is 498 g/mol. The van der Waals surface area contributed by atoms with Gasteiger partial charge < -0.3 is 14.0 Å². The van der Waals surface area contributed by atoms with E-state index in [1.807, 2.05) is 48.7 Å². The monoisotopic (exact) mass is 519 g/mol. The van der Waals surface area contributed by atoms with E-state index in [0.717, 1.165) is 26.5 Å². The molecule has 0 saturated heterocycles. The Morgan fingerprint density at radius 1 is 1.06 bits per heavy atom. The third-order valence-corrected chi connectivity index (χ3v) is 5.79. The van der Waals surface area contributed by atoms with Crippen LogP contribution in [0.15, 0.2) is 82.5 Å². The van der Waals surface area contributed by atoms with E-state index in [4.69, 9.17) is 9.47 Å². The lowest BCUT2D eigenvalue weighted by molar-refractivity contribution is 0.0600. The molecule has 4 aromatic rings. The zero-order chi connectivity index (χ0) is 24.1. The fraction of sp³-hybridized carbons (Fsp3) is 0.115. The second-order valence-corrected chi connectivity index (χ2v) is 8.38. The number of carbonyl (C=O) groups is 2. The summed E-state index contributed by atoms with van der Waals surface area (Å²) in [5.74, 6) is -0.288. The molecule has 4 rings (SSSR count). The number of nitrogens with zero attached hydrogens (tertiary/aromatic N) is 2. The van der Waals surface area contributed by atoms with E-state index in [9.17, 15) is 9.59 Å². The highest BCUT2D eigenvalue weighted by Crippen LogP contribution is 2.24. The van der Waals surface area contributed by atoms with E-state index in [-0.39, 0.29) is 11.9 Å². The summed E-state index contributed by atoms with van der Waals surface area (Å²) in [4.78, 5) is 24.5. The van der Waals surface area contributed by atoms with Crippen LogP contribution in [-0.2, 0) is 11.3 Å². The maximum atomic E-state index is 12.6. The molecule has 0 aliphatic heterocycles. The Bertz CT molecular complexity index is 1390. The van der Waals surface area contributed by atoms with Crippen molar-refractivity contribution >= 4 is 44.9 Å². The van der Waals surface area contributed by atoms with Gasteiger partial charge in [0.25, 0.3) is 5.91 Å². The van der Waals surface area contributed by atoms with E-state index < -0.39 is 0 Å². The molecule has 0 fully saturated rings. The van der Waals surface area contributed by atoms with Crippen LogP contribution in [-0.4, -0.2) is 36.9 Å². The minimum absolute atomic E-state index is 0.371. The molecule has 0 saturated carbocycles. The second-order valence-electron chi connectivity index (χ2n) is 7.47. The fourth-order valence-corrected chi connectivity index (χ4v) is 4.06. The number of hydrazone groups is 1. The number of ether oxygens (including phenoxy) is 2. The number of benzene rings is 3. The number of halogens is 1. The molecule has 0 spiro atoms. The summed E-state index contributed by atoms with van der Waals surface area (Å²) in [5.41, 5.74) is 6.26. The van der Waals surface area contributed by atoms with E-state index >= 15 is 0 Å². The second kappa shape index (κ2) is 10.4. The van der Waals surface area contributed by atoms with Gasteiger partial charge in [0, 0.05) is 33.7 Å². The molecule has 1 heterocycles. The van der Waals surface area contributed by atoms with Gasteiger partial charge in [-0.05, 0) is 42.0 Å². The lowest BCUT2D eigenvalue weighted by Crippen LogP contribution is -2.18. The summed E-state index contributed by atoms with van der Waals surface area (Å²) in [5, 5.41) is 5.16. The molecule has 0 radical (unpaired) electrons. The largest absolute Gasteiger partial charge is 0.496 e. The van der Waals surface area contributed by atoms with Crippen LogP contribution >= 0.6 is 15.9 Å². The fourth-order valence-electron chi connectivity index (χ4n) is 3.70. The number of hydrogen-bond acceptors (Lipinski definition) is 5. The molecule has 0 atom stereocenters.